The molecule has 5 heteroatoms. The van der Waals surface area contributed by atoms with Crippen LogP contribution in [-0.2, 0) is 21.1 Å². The van der Waals surface area contributed by atoms with E-state index in [1.54, 1.807) is 4.90 Å². The molecule has 0 saturated carbocycles. The maximum absolute atomic E-state index is 12.5. The number of carbonyl (C=O) groups excluding carboxylic acids is 1. The molecule has 2 atom stereocenters. The molecule has 1 amide bonds. The van der Waals surface area contributed by atoms with Gasteiger partial charge in [-0.05, 0) is 25.8 Å². The molecule has 2 aliphatic heterocycles. The Morgan fingerprint density at radius 1 is 1.30 bits per heavy atom. The summed E-state index contributed by atoms with van der Waals surface area (Å²) >= 11 is 0. The number of likely N-dealkylation sites (tertiary alicyclic amines) is 1. The smallest absolute Gasteiger partial charge is 0.231 e. The number of fused-ring (bicyclic) bond motifs is 1. The Morgan fingerprint density at radius 2 is 2.00 bits per heavy atom. The number of β-amino-alcohol motifs (C(OH)–C–C–N with tert-alkyl or cyclic N) is 1. The third-order valence-electron chi connectivity index (χ3n) is 3.90. The largest absolute Gasteiger partial charge is 0.361 e. The van der Waals surface area contributed by atoms with E-state index in [0.717, 1.165) is 5.56 Å². The molecule has 2 heterocycles. The number of hydrogen-bond donors (Lipinski definition) is 1. The maximum Gasteiger partial charge on any atom is 0.231 e. The molecule has 3 rings (SSSR count). The van der Waals surface area contributed by atoms with Gasteiger partial charge in [0, 0.05) is 6.54 Å². The third-order valence-corrected chi connectivity index (χ3v) is 3.90. The lowest BCUT2D eigenvalue weighted by Crippen LogP contribution is -2.51. The summed E-state index contributed by atoms with van der Waals surface area (Å²) in [7, 11) is 0. The molecule has 0 bridgehead atoms. The van der Waals surface area contributed by atoms with Crippen LogP contribution in [0.15, 0.2) is 30.3 Å². The van der Waals surface area contributed by atoms with Crippen LogP contribution in [0.1, 0.15) is 25.8 Å². The fraction of sp³-hybridized carbons (Fsp3) is 0.533. The van der Waals surface area contributed by atoms with Crippen molar-refractivity contribution >= 4 is 5.91 Å². The lowest BCUT2D eigenvalue weighted by Gasteiger charge is -2.39. The van der Waals surface area contributed by atoms with Crippen molar-refractivity contribution in [2.24, 2.45) is 5.92 Å². The normalized spacial score (nSPS) is 32.2. The average molecular weight is 277 g/mol. The topological polar surface area (TPSA) is 59.0 Å². The Labute approximate surface area is 118 Å². The molecule has 2 fully saturated rings. The number of amides is 1. The van der Waals surface area contributed by atoms with Crippen molar-refractivity contribution in [2.45, 2.75) is 38.2 Å². The Kier molecular flexibility index (Phi) is 3.08. The van der Waals surface area contributed by atoms with Gasteiger partial charge in [-0.1, -0.05) is 30.3 Å². The molecule has 0 aromatic heterocycles. The van der Waals surface area contributed by atoms with E-state index in [2.05, 4.69) is 0 Å². The van der Waals surface area contributed by atoms with Gasteiger partial charge in [-0.2, -0.15) is 4.89 Å². The van der Waals surface area contributed by atoms with Crippen LogP contribution in [0.2, 0.25) is 0 Å². The highest BCUT2D eigenvalue weighted by atomic mass is 17.2. The van der Waals surface area contributed by atoms with E-state index in [0.29, 0.717) is 13.0 Å². The molecular formula is C15H19NO4. The summed E-state index contributed by atoms with van der Waals surface area (Å²) in [5.74, 6) is -2.16. The van der Waals surface area contributed by atoms with Crippen molar-refractivity contribution in [3.63, 3.8) is 0 Å². The van der Waals surface area contributed by atoms with Gasteiger partial charge in [0.1, 0.15) is 0 Å². The van der Waals surface area contributed by atoms with Crippen LogP contribution in [-0.4, -0.2) is 33.8 Å². The monoisotopic (exact) mass is 277 g/mol. The Morgan fingerprint density at radius 3 is 2.70 bits per heavy atom. The SMILES string of the molecule is CC1(C)C[C@@H]2C(=O)N(Cc3ccccc3)C[C@]2(O)OO1. The lowest BCUT2D eigenvalue weighted by molar-refractivity contribution is -0.484. The van der Waals surface area contributed by atoms with Crippen molar-refractivity contribution in [3.05, 3.63) is 35.9 Å². The van der Waals surface area contributed by atoms with Crippen molar-refractivity contribution in [3.8, 4) is 0 Å². The number of nitrogens with zero attached hydrogens (tertiary/aromatic N) is 1. The van der Waals surface area contributed by atoms with Crippen molar-refractivity contribution in [1.82, 2.24) is 4.90 Å². The van der Waals surface area contributed by atoms with Crippen molar-refractivity contribution in [1.29, 1.82) is 0 Å². The number of carbonyl (C=O) groups is 1. The van der Waals surface area contributed by atoms with Crippen LogP contribution < -0.4 is 0 Å². The Bertz CT molecular complexity index is 516. The zero-order chi connectivity index (χ0) is 14.4. The number of benzene rings is 1. The lowest BCUT2D eigenvalue weighted by atomic mass is 9.88. The number of aliphatic hydroxyl groups is 1. The minimum atomic E-state index is -1.53. The standard InChI is InChI=1S/C15H19NO4/c1-14(2)8-12-13(17)16(10-15(12,18)20-19-14)9-11-6-4-3-5-7-11/h3-7,12,18H,8-10H2,1-2H3/t12-,15+/m1/s1. The van der Waals surface area contributed by atoms with Gasteiger partial charge < -0.3 is 10.0 Å². The van der Waals surface area contributed by atoms with Crippen LogP contribution in [0.3, 0.4) is 0 Å². The van der Waals surface area contributed by atoms with E-state index in [-0.39, 0.29) is 12.5 Å². The van der Waals surface area contributed by atoms with E-state index in [1.165, 1.54) is 0 Å². The molecular weight excluding hydrogens is 258 g/mol. The van der Waals surface area contributed by atoms with Gasteiger partial charge >= 0.3 is 0 Å². The van der Waals surface area contributed by atoms with E-state index < -0.39 is 17.3 Å². The second-order valence-corrected chi connectivity index (χ2v) is 6.21. The summed E-state index contributed by atoms with van der Waals surface area (Å²) in [6.07, 6.45) is 0.452. The summed E-state index contributed by atoms with van der Waals surface area (Å²) in [6, 6.07) is 9.71. The first kappa shape index (κ1) is 13.5. The summed E-state index contributed by atoms with van der Waals surface area (Å²) in [4.78, 5) is 24.4. The van der Waals surface area contributed by atoms with Gasteiger partial charge in [0.15, 0.2) is 0 Å². The van der Waals surface area contributed by atoms with Gasteiger partial charge in [-0.15, -0.1) is 0 Å². The van der Waals surface area contributed by atoms with Crippen LogP contribution >= 0.6 is 0 Å². The second kappa shape index (κ2) is 4.55. The van der Waals surface area contributed by atoms with Gasteiger partial charge in [-0.25, -0.2) is 4.89 Å². The summed E-state index contributed by atoms with van der Waals surface area (Å²) in [5.41, 5.74) is 0.471. The maximum atomic E-state index is 12.5. The van der Waals surface area contributed by atoms with E-state index in [4.69, 9.17) is 9.78 Å². The van der Waals surface area contributed by atoms with E-state index in [9.17, 15) is 9.90 Å². The minimum Gasteiger partial charge on any atom is -0.361 e. The predicted octanol–water partition coefficient (Wildman–Crippen LogP) is 1.46. The Hall–Kier alpha value is -1.43. The highest BCUT2D eigenvalue weighted by molar-refractivity contribution is 5.82. The molecule has 0 aliphatic carbocycles. The molecule has 2 aliphatic rings. The molecule has 0 unspecified atom stereocenters. The molecule has 1 aromatic rings. The van der Waals surface area contributed by atoms with Crippen LogP contribution in [0, 0.1) is 5.92 Å². The third kappa shape index (κ3) is 2.32. The number of hydrogen-bond acceptors (Lipinski definition) is 4. The zero-order valence-electron chi connectivity index (χ0n) is 11.7. The fourth-order valence-electron chi connectivity index (χ4n) is 2.85. The summed E-state index contributed by atoms with van der Waals surface area (Å²) in [5, 5.41) is 10.5. The molecule has 5 nitrogen and oxygen atoms in total. The van der Waals surface area contributed by atoms with Crippen LogP contribution in [0.25, 0.3) is 0 Å². The number of rotatable bonds is 2. The Balaban J connectivity index is 1.78. The van der Waals surface area contributed by atoms with Crippen molar-refractivity contribution in [2.75, 3.05) is 6.54 Å². The van der Waals surface area contributed by atoms with Crippen LogP contribution in [0.4, 0.5) is 0 Å². The second-order valence-electron chi connectivity index (χ2n) is 6.21. The highest BCUT2D eigenvalue weighted by Crippen LogP contribution is 2.42. The average Bonchev–Trinajstić information content (AvgIpc) is 2.64. The molecule has 2 saturated heterocycles. The van der Waals surface area contributed by atoms with Crippen molar-refractivity contribution < 1.29 is 19.7 Å². The molecule has 20 heavy (non-hydrogen) atoms. The molecule has 0 spiro atoms. The van der Waals surface area contributed by atoms with Gasteiger partial charge in [0.2, 0.25) is 11.7 Å². The van der Waals surface area contributed by atoms with Gasteiger partial charge in [0.05, 0.1) is 18.1 Å². The summed E-state index contributed by atoms with van der Waals surface area (Å²) < 4.78 is 0. The first-order chi connectivity index (χ1) is 9.40. The van der Waals surface area contributed by atoms with E-state index in [1.807, 2.05) is 44.2 Å². The first-order valence-corrected chi connectivity index (χ1v) is 6.82. The molecule has 0 radical (unpaired) electrons. The van der Waals surface area contributed by atoms with Gasteiger partial charge in [0.25, 0.3) is 0 Å². The fourth-order valence-corrected chi connectivity index (χ4v) is 2.85. The molecule has 1 N–H and O–H groups in total. The molecule has 108 valence electrons. The first-order valence-electron chi connectivity index (χ1n) is 6.82. The van der Waals surface area contributed by atoms with E-state index >= 15 is 0 Å². The van der Waals surface area contributed by atoms with Crippen LogP contribution in [0.5, 0.6) is 0 Å². The predicted molar refractivity (Wildman–Crippen MR) is 71.2 cm³/mol. The quantitative estimate of drug-likeness (QED) is 0.832. The summed E-state index contributed by atoms with van der Waals surface area (Å²) in [6.45, 7) is 4.31. The minimum absolute atomic E-state index is 0.0762. The van der Waals surface area contributed by atoms with Gasteiger partial charge in [-0.3, -0.25) is 4.79 Å². The zero-order valence-corrected chi connectivity index (χ0v) is 11.7. The molecule has 1 aromatic carbocycles. The highest BCUT2D eigenvalue weighted by Gasteiger charge is 2.58.